The van der Waals surface area contributed by atoms with Crippen molar-refractivity contribution in [2.24, 2.45) is 0 Å². The SMILES string of the molecule is CCOc1ccccc1NC(=O)c1cc(C(=O)NCCC2=CCCCC2)ccn1. The molecule has 2 N–H and O–H groups in total. The normalized spacial score (nSPS) is 13.3. The molecule has 0 bridgehead atoms. The Balaban J connectivity index is 1.60. The van der Waals surface area contributed by atoms with Gasteiger partial charge in [0.15, 0.2) is 0 Å². The highest BCUT2D eigenvalue weighted by Crippen LogP contribution is 2.24. The first-order valence-corrected chi connectivity index (χ1v) is 10.1. The van der Waals surface area contributed by atoms with E-state index in [4.69, 9.17) is 4.74 Å². The fourth-order valence-corrected chi connectivity index (χ4v) is 3.30. The lowest BCUT2D eigenvalue weighted by Gasteiger charge is -2.13. The van der Waals surface area contributed by atoms with E-state index in [1.807, 2.05) is 19.1 Å². The number of ether oxygens (including phenoxy) is 1. The number of amides is 2. The van der Waals surface area contributed by atoms with Gasteiger partial charge in [-0.15, -0.1) is 0 Å². The fourth-order valence-electron chi connectivity index (χ4n) is 3.30. The van der Waals surface area contributed by atoms with E-state index >= 15 is 0 Å². The maximum absolute atomic E-state index is 12.6. The second-order valence-electron chi connectivity index (χ2n) is 6.93. The van der Waals surface area contributed by atoms with Crippen molar-refractivity contribution in [2.75, 3.05) is 18.5 Å². The zero-order valence-corrected chi connectivity index (χ0v) is 16.7. The highest BCUT2D eigenvalue weighted by molar-refractivity contribution is 6.05. The molecule has 3 rings (SSSR count). The summed E-state index contributed by atoms with van der Waals surface area (Å²) in [5.74, 6) is 0.000931. The van der Waals surface area contributed by atoms with E-state index in [2.05, 4.69) is 21.7 Å². The van der Waals surface area contributed by atoms with Crippen molar-refractivity contribution in [1.29, 1.82) is 0 Å². The molecule has 29 heavy (non-hydrogen) atoms. The summed E-state index contributed by atoms with van der Waals surface area (Å²) in [7, 11) is 0. The maximum Gasteiger partial charge on any atom is 0.274 e. The lowest BCUT2D eigenvalue weighted by Crippen LogP contribution is -2.25. The largest absolute Gasteiger partial charge is 0.492 e. The number of hydrogen-bond acceptors (Lipinski definition) is 4. The van der Waals surface area contributed by atoms with Crippen LogP contribution in [0.5, 0.6) is 5.75 Å². The number of rotatable bonds is 8. The summed E-state index contributed by atoms with van der Waals surface area (Å²) in [6.45, 7) is 2.97. The first-order valence-electron chi connectivity index (χ1n) is 10.1. The number of carbonyl (C=O) groups excluding carboxylic acids is 2. The molecule has 0 atom stereocenters. The molecular formula is C23H27N3O3. The zero-order valence-electron chi connectivity index (χ0n) is 16.7. The molecule has 152 valence electrons. The Hall–Kier alpha value is -3.15. The summed E-state index contributed by atoms with van der Waals surface area (Å²) in [5.41, 5.74) is 2.58. The van der Waals surface area contributed by atoms with E-state index in [-0.39, 0.29) is 17.5 Å². The maximum atomic E-state index is 12.6. The summed E-state index contributed by atoms with van der Waals surface area (Å²) in [4.78, 5) is 29.2. The quantitative estimate of drug-likeness (QED) is 0.653. The molecule has 0 radical (unpaired) electrons. The van der Waals surface area contributed by atoms with Gasteiger partial charge in [-0.05, 0) is 63.3 Å². The van der Waals surface area contributed by atoms with E-state index in [0.717, 1.165) is 19.3 Å². The Morgan fingerprint density at radius 1 is 1.14 bits per heavy atom. The van der Waals surface area contributed by atoms with Crippen LogP contribution in [-0.2, 0) is 0 Å². The third-order valence-corrected chi connectivity index (χ3v) is 4.81. The molecule has 0 saturated heterocycles. The minimum atomic E-state index is -0.390. The highest BCUT2D eigenvalue weighted by Gasteiger charge is 2.14. The van der Waals surface area contributed by atoms with Crippen LogP contribution in [0, 0.1) is 0 Å². The molecule has 1 aliphatic rings. The van der Waals surface area contributed by atoms with Gasteiger partial charge in [0, 0.05) is 18.3 Å². The lowest BCUT2D eigenvalue weighted by atomic mass is 9.97. The smallest absolute Gasteiger partial charge is 0.274 e. The molecule has 1 heterocycles. The van der Waals surface area contributed by atoms with Gasteiger partial charge in [0.05, 0.1) is 12.3 Å². The Morgan fingerprint density at radius 3 is 2.79 bits per heavy atom. The molecule has 6 nitrogen and oxygen atoms in total. The molecule has 1 aromatic heterocycles. The number of nitrogens with zero attached hydrogens (tertiary/aromatic N) is 1. The number of benzene rings is 1. The van der Waals surface area contributed by atoms with Crippen LogP contribution < -0.4 is 15.4 Å². The first-order chi connectivity index (χ1) is 14.2. The minimum absolute atomic E-state index is 0.180. The topological polar surface area (TPSA) is 80.3 Å². The fraction of sp³-hybridized carbons (Fsp3) is 0.348. The van der Waals surface area contributed by atoms with Crippen LogP contribution in [0.3, 0.4) is 0 Å². The molecule has 0 saturated carbocycles. The number of allylic oxidation sites excluding steroid dienone is 1. The number of pyridine rings is 1. The lowest BCUT2D eigenvalue weighted by molar-refractivity contribution is 0.0954. The van der Waals surface area contributed by atoms with Crippen LogP contribution in [-0.4, -0.2) is 29.9 Å². The van der Waals surface area contributed by atoms with Gasteiger partial charge in [-0.2, -0.15) is 0 Å². The van der Waals surface area contributed by atoms with Crippen molar-refractivity contribution in [3.05, 3.63) is 65.5 Å². The average molecular weight is 393 g/mol. The number of anilines is 1. The van der Waals surface area contributed by atoms with Crippen LogP contribution in [0.1, 0.15) is 59.9 Å². The molecule has 0 fully saturated rings. The molecule has 0 aliphatic heterocycles. The average Bonchev–Trinajstić information content (AvgIpc) is 2.76. The second kappa shape index (κ2) is 10.4. The molecule has 0 unspecified atom stereocenters. The van der Waals surface area contributed by atoms with Gasteiger partial charge in [0.25, 0.3) is 11.8 Å². The number of carbonyl (C=O) groups is 2. The van der Waals surface area contributed by atoms with Crippen LogP contribution >= 0.6 is 0 Å². The standard InChI is InChI=1S/C23H27N3O3/c1-2-29-21-11-7-6-10-19(21)26-23(28)20-16-18(13-15-24-20)22(27)25-14-12-17-8-4-3-5-9-17/h6-8,10-11,13,15-16H,2-5,9,12,14H2,1H3,(H,25,27)(H,26,28). The van der Waals surface area contributed by atoms with Gasteiger partial charge in [-0.3, -0.25) is 14.6 Å². The Bertz CT molecular complexity index is 892. The number of para-hydroxylation sites is 2. The van der Waals surface area contributed by atoms with Gasteiger partial charge >= 0.3 is 0 Å². The second-order valence-corrected chi connectivity index (χ2v) is 6.93. The minimum Gasteiger partial charge on any atom is -0.492 e. The number of nitrogens with one attached hydrogen (secondary N) is 2. The summed E-state index contributed by atoms with van der Waals surface area (Å²) in [6, 6.07) is 10.3. The van der Waals surface area contributed by atoms with Crippen molar-refractivity contribution in [3.63, 3.8) is 0 Å². The van der Waals surface area contributed by atoms with Crippen molar-refractivity contribution in [1.82, 2.24) is 10.3 Å². The van der Waals surface area contributed by atoms with E-state index < -0.39 is 0 Å². The van der Waals surface area contributed by atoms with Crippen LogP contribution in [0.25, 0.3) is 0 Å². The summed E-state index contributed by atoms with van der Waals surface area (Å²) >= 11 is 0. The molecular weight excluding hydrogens is 366 g/mol. The van der Waals surface area contributed by atoms with Gasteiger partial charge in [-0.1, -0.05) is 23.8 Å². The van der Waals surface area contributed by atoms with E-state index in [1.165, 1.54) is 30.7 Å². The predicted molar refractivity (Wildman–Crippen MR) is 113 cm³/mol. The van der Waals surface area contributed by atoms with Crippen molar-refractivity contribution in [2.45, 2.75) is 39.0 Å². The summed E-state index contributed by atoms with van der Waals surface area (Å²) in [5, 5.41) is 5.73. The van der Waals surface area contributed by atoms with Crippen molar-refractivity contribution < 1.29 is 14.3 Å². The molecule has 1 aliphatic carbocycles. The van der Waals surface area contributed by atoms with E-state index in [9.17, 15) is 9.59 Å². The third-order valence-electron chi connectivity index (χ3n) is 4.81. The number of hydrogen-bond donors (Lipinski definition) is 2. The monoisotopic (exact) mass is 393 g/mol. The zero-order chi connectivity index (χ0) is 20.5. The molecule has 1 aromatic carbocycles. The Labute approximate surface area is 171 Å². The van der Waals surface area contributed by atoms with Crippen LogP contribution in [0.4, 0.5) is 5.69 Å². The van der Waals surface area contributed by atoms with E-state index in [0.29, 0.717) is 30.2 Å². The van der Waals surface area contributed by atoms with Gasteiger partial charge in [-0.25, -0.2) is 0 Å². The van der Waals surface area contributed by atoms with Gasteiger partial charge in [0.1, 0.15) is 11.4 Å². The Kier molecular flexibility index (Phi) is 7.39. The van der Waals surface area contributed by atoms with E-state index in [1.54, 1.807) is 18.2 Å². The van der Waals surface area contributed by atoms with Crippen LogP contribution in [0.2, 0.25) is 0 Å². The number of aromatic nitrogens is 1. The summed E-state index contributed by atoms with van der Waals surface area (Å²) in [6.07, 6.45) is 9.38. The van der Waals surface area contributed by atoms with Crippen molar-refractivity contribution in [3.8, 4) is 5.75 Å². The molecule has 2 aromatic rings. The van der Waals surface area contributed by atoms with Crippen molar-refractivity contribution >= 4 is 17.5 Å². The third kappa shape index (κ3) is 5.91. The molecule has 0 spiro atoms. The van der Waals surface area contributed by atoms with Gasteiger partial charge in [0.2, 0.25) is 0 Å². The highest BCUT2D eigenvalue weighted by atomic mass is 16.5. The van der Waals surface area contributed by atoms with Gasteiger partial charge < -0.3 is 15.4 Å². The molecule has 6 heteroatoms. The van der Waals surface area contributed by atoms with Crippen LogP contribution in [0.15, 0.2) is 54.2 Å². The predicted octanol–water partition coefficient (Wildman–Crippen LogP) is 4.35. The Morgan fingerprint density at radius 2 is 2.00 bits per heavy atom. The first kappa shape index (κ1) is 20.6. The summed E-state index contributed by atoms with van der Waals surface area (Å²) < 4.78 is 5.53. The molecule has 2 amide bonds.